The lowest BCUT2D eigenvalue weighted by Gasteiger charge is -2.53. The number of fused-ring (bicyclic) bond motifs is 3. The van der Waals surface area contributed by atoms with Gasteiger partial charge in [-0.15, -0.1) is 0 Å². The number of aryl methyl sites for hydroxylation is 1. The minimum atomic E-state index is -2.69. The third-order valence-corrected chi connectivity index (χ3v) is 8.17. The number of Topliss-reactive ketones (excluding diaryl/α,β-unsaturated/α-hetero) is 2. The van der Waals surface area contributed by atoms with Gasteiger partial charge in [0, 0.05) is 36.6 Å². The molecule has 0 aromatic heterocycles. The molecule has 11 nitrogen and oxygen atoms in total. The summed E-state index contributed by atoms with van der Waals surface area (Å²) in [6, 6.07) is 0.811. The summed E-state index contributed by atoms with van der Waals surface area (Å²) in [6.45, 7) is 3.23. The van der Waals surface area contributed by atoms with Crippen LogP contribution >= 0.6 is 0 Å². The highest BCUT2D eigenvalue weighted by Gasteiger charge is 2.67. The van der Waals surface area contributed by atoms with E-state index < -0.39 is 58.7 Å². The number of ketones is 2. The van der Waals surface area contributed by atoms with Crippen molar-refractivity contribution in [1.29, 1.82) is 0 Å². The topological polar surface area (TPSA) is 190 Å². The first-order valence-corrected chi connectivity index (χ1v) is 12.3. The van der Waals surface area contributed by atoms with Gasteiger partial charge in [-0.3, -0.25) is 19.2 Å². The quantitative estimate of drug-likeness (QED) is 0.276. The Labute approximate surface area is 213 Å². The number of nitrogens with zero attached hydrogens (tertiary/aromatic N) is 1. The maximum absolute atomic E-state index is 13.9. The predicted octanol–water partition coefficient (Wildman–Crippen LogP) is -0.672. The van der Waals surface area contributed by atoms with Gasteiger partial charge in [0.1, 0.15) is 17.4 Å². The zero-order valence-electron chi connectivity index (χ0n) is 21.2. The number of hydrogen-bond donors (Lipinski definition) is 6. The zero-order valence-corrected chi connectivity index (χ0v) is 21.2. The van der Waals surface area contributed by atoms with Gasteiger partial charge in [0.2, 0.25) is 17.6 Å². The van der Waals surface area contributed by atoms with Crippen LogP contribution in [-0.2, 0) is 38.6 Å². The van der Waals surface area contributed by atoms with Gasteiger partial charge in [-0.1, -0.05) is 13.0 Å². The van der Waals surface area contributed by atoms with Gasteiger partial charge in [-0.05, 0) is 50.4 Å². The number of carbonyl (C=O) groups is 4. The number of aromatic hydroxyl groups is 1. The molecule has 11 heteroatoms. The second kappa shape index (κ2) is 9.23. The number of benzene rings is 1. The Morgan fingerprint density at radius 2 is 1.86 bits per heavy atom. The first-order valence-electron chi connectivity index (χ1n) is 12.3. The molecule has 1 aromatic rings. The van der Waals surface area contributed by atoms with E-state index >= 15 is 0 Å². The van der Waals surface area contributed by atoms with Crippen LogP contribution < -0.4 is 11.1 Å². The van der Waals surface area contributed by atoms with Gasteiger partial charge in [0.05, 0.1) is 11.7 Å². The average molecular weight is 516 g/mol. The first-order chi connectivity index (χ1) is 17.3. The number of aliphatic hydroxyl groups excluding tert-OH is 2. The number of likely N-dealkylation sites (N-methyl/N-ethyl adjacent to an activating group) is 1. The van der Waals surface area contributed by atoms with Crippen molar-refractivity contribution >= 4 is 29.1 Å². The largest absolute Gasteiger partial charge is 0.507 e. The molecule has 0 bridgehead atoms. The van der Waals surface area contributed by atoms with Crippen LogP contribution in [0.25, 0.3) is 5.76 Å². The summed E-state index contributed by atoms with van der Waals surface area (Å²) in [7, 11) is 3.21. The molecule has 0 heterocycles. The number of nitrogens with two attached hydrogens (primary N) is 1. The number of nitrogens with one attached hydrogen (secondary N) is 1. The molecule has 200 valence electrons. The minimum Gasteiger partial charge on any atom is -0.507 e. The Balaban J connectivity index is 1.91. The van der Waals surface area contributed by atoms with Crippen molar-refractivity contribution in [3.8, 4) is 5.75 Å². The lowest BCUT2D eigenvalue weighted by molar-refractivity contribution is -0.184. The van der Waals surface area contributed by atoms with Gasteiger partial charge in [0.25, 0.3) is 0 Å². The summed E-state index contributed by atoms with van der Waals surface area (Å²) in [6.07, 6.45) is -0.673. The van der Waals surface area contributed by atoms with Crippen LogP contribution in [0.1, 0.15) is 42.5 Å². The van der Waals surface area contributed by atoms with E-state index in [0.29, 0.717) is 17.5 Å². The van der Waals surface area contributed by atoms with Crippen LogP contribution in [0.3, 0.4) is 0 Å². The van der Waals surface area contributed by atoms with Crippen LogP contribution in [0.2, 0.25) is 0 Å². The third kappa shape index (κ3) is 3.84. The van der Waals surface area contributed by atoms with E-state index in [1.54, 1.807) is 25.1 Å². The van der Waals surface area contributed by atoms with Crippen LogP contribution in [0.5, 0.6) is 5.75 Å². The molecule has 37 heavy (non-hydrogen) atoms. The molecular weight excluding hydrogens is 482 g/mol. The summed E-state index contributed by atoms with van der Waals surface area (Å²) in [4.78, 5) is 52.3. The molecule has 0 saturated heterocycles. The minimum absolute atomic E-state index is 0.00533. The molecule has 0 radical (unpaired) electrons. The third-order valence-electron chi connectivity index (χ3n) is 8.17. The SMILES string of the molecule is CCc1cc(CNC(C)=O)c(O)c2c1C[C@@H]1C[C@@H]3[C@@H](N(C)C)C(O)C(C(N)=O)C(=O)[C@]3(O)C(=O)C1=C2O. The highest BCUT2D eigenvalue weighted by Crippen LogP contribution is 2.52. The number of rotatable bonds is 5. The normalized spacial score (nSPS) is 31.1. The number of aliphatic hydroxyl groups is 3. The summed E-state index contributed by atoms with van der Waals surface area (Å²) >= 11 is 0. The molecule has 2 unspecified atom stereocenters. The molecule has 2 saturated carbocycles. The summed E-state index contributed by atoms with van der Waals surface area (Å²) < 4.78 is 0. The second-order valence-electron chi connectivity index (χ2n) is 10.5. The van der Waals surface area contributed by atoms with Crippen molar-refractivity contribution < 1.29 is 39.6 Å². The number of amides is 2. The molecule has 2 amide bonds. The molecule has 3 aliphatic rings. The molecule has 0 spiro atoms. The summed E-state index contributed by atoms with van der Waals surface area (Å²) in [5.74, 6) is -8.06. The van der Waals surface area contributed by atoms with E-state index in [1.165, 1.54) is 6.92 Å². The maximum Gasteiger partial charge on any atom is 0.230 e. The van der Waals surface area contributed by atoms with E-state index in [-0.39, 0.29) is 42.2 Å². The predicted molar refractivity (Wildman–Crippen MR) is 131 cm³/mol. The monoisotopic (exact) mass is 515 g/mol. The smallest absolute Gasteiger partial charge is 0.230 e. The number of hydrogen-bond acceptors (Lipinski definition) is 9. The fourth-order valence-electron chi connectivity index (χ4n) is 6.48. The van der Waals surface area contributed by atoms with E-state index in [4.69, 9.17) is 5.73 Å². The lowest BCUT2D eigenvalue weighted by Crippen LogP contribution is -2.73. The van der Waals surface area contributed by atoms with E-state index in [9.17, 15) is 39.6 Å². The van der Waals surface area contributed by atoms with Gasteiger partial charge in [-0.25, -0.2) is 0 Å². The van der Waals surface area contributed by atoms with Crippen molar-refractivity contribution in [2.24, 2.45) is 23.5 Å². The Hall–Kier alpha value is -3.28. The number of primary amides is 1. The zero-order chi connectivity index (χ0) is 27.6. The summed E-state index contributed by atoms with van der Waals surface area (Å²) in [5.41, 5.74) is 4.31. The maximum atomic E-state index is 13.9. The van der Waals surface area contributed by atoms with Crippen molar-refractivity contribution in [3.05, 3.63) is 33.9 Å². The average Bonchev–Trinajstić information content (AvgIpc) is 2.80. The molecule has 3 aliphatic carbocycles. The number of carbonyl (C=O) groups excluding carboxylic acids is 4. The molecular formula is C26H33N3O8. The van der Waals surface area contributed by atoms with Gasteiger partial charge in [-0.2, -0.15) is 0 Å². The fraction of sp³-hybridized carbons (Fsp3) is 0.538. The van der Waals surface area contributed by atoms with Gasteiger partial charge < -0.3 is 36.4 Å². The van der Waals surface area contributed by atoms with E-state index in [2.05, 4.69) is 5.32 Å². The highest BCUT2D eigenvalue weighted by atomic mass is 16.3. The first kappa shape index (κ1) is 26.8. The molecule has 2 fully saturated rings. The van der Waals surface area contributed by atoms with E-state index in [0.717, 1.165) is 5.56 Å². The molecule has 7 N–H and O–H groups in total. The van der Waals surface area contributed by atoms with Crippen LogP contribution in [-0.4, -0.2) is 80.5 Å². The Kier molecular flexibility index (Phi) is 6.68. The Morgan fingerprint density at radius 3 is 2.41 bits per heavy atom. The standard InChI is InChI=1S/C26H33N3O8/c1-5-11-6-13(9-28-10(2)30)20(31)17-14(11)7-12-8-15-19(29(3)4)22(33)18(25(27)36)24(35)26(15,37)23(34)16(12)21(17)32/h6,12,15,18-19,22,31-33,37H,5,7-9H2,1-4H3,(H2,27,36)(H,28,30)/t12-,15-,18?,19-,22?,26-/m1/s1. The fourth-order valence-corrected chi connectivity index (χ4v) is 6.48. The molecule has 6 atom stereocenters. The highest BCUT2D eigenvalue weighted by molar-refractivity contribution is 6.25. The van der Waals surface area contributed by atoms with Gasteiger partial charge in [0.15, 0.2) is 11.4 Å². The lowest BCUT2D eigenvalue weighted by atomic mass is 9.54. The van der Waals surface area contributed by atoms with Crippen molar-refractivity contribution in [2.75, 3.05) is 14.1 Å². The van der Waals surface area contributed by atoms with Crippen molar-refractivity contribution in [1.82, 2.24) is 10.2 Å². The van der Waals surface area contributed by atoms with Crippen molar-refractivity contribution in [2.45, 2.75) is 57.4 Å². The van der Waals surface area contributed by atoms with Crippen LogP contribution in [0.4, 0.5) is 0 Å². The van der Waals surface area contributed by atoms with Crippen LogP contribution in [0.15, 0.2) is 11.6 Å². The second-order valence-corrected chi connectivity index (χ2v) is 10.5. The van der Waals surface area contributed by atoms with E-state index in [1.807, 2.05) is 6.92 Å². The van der Waals surface area contributed by atoms with Crippen LogP contribution in [0, 0.1) is 17.8 Å². The van der Waals surface area contributed by atoms with Crippen molar-refractivity contribution in [3.63, 3.8) is 0 Å². The van der Waals surface area contributed by atoms with Gasteiger partial charge >= 0.3 is 0 Å². The summed E-state index contributed by atoms with van der Waals surface area (Å²) in [5, 5.41) is 47.6. The molecule has 4 rings (SSSR count). The Bertz CT molecular complexity index is 1240. The number of phenols is 1. The number of phenolic OH excluding ortho intramolecular Hbond substituents is 1. The Morgan fingerprint density at radius 1 is 1.22 bits per heavy atom. The molecule has 0 aliphatic heterocycles. The molecule has 1 aromatic carbocycles.